The molecule has 0 spiro atoms. The fourth-order valence-corrected chi connectivity index (χ4v) is 5.95. The smallest absolute Gasteiger partial charge is 0.218 e. The summed E-state index contributed by atoms with van der Waals surface area (Å²) in [6, 6.07) is 0. The molecular formula is C13H12Cl4O4. The number of alkyl halides is 2. The van der Waals surface area contributed by atoms with Crippen LogP contribution in [0.2, 0.25) is 0 Å². The van der Waals surface area contributed by atoms with Crippen LogP contribution in [0.3, 0.4) is 0 Å². The second-order valence-corrected chi connectivity index (χ2v) is 7.56. The van der Waals surface area contributed by atoms with Gasteiger partial charge in [-0.1, -0.05) is 23.2 Å². The van der Waals surface area contributed by atoms with Crippen molar-refractivity contribution in [3.8, 4) is 0 Å². The maximum Gasteiger partial charge on any atom is 0.218 e. The van der Waals surface area contributed by atoms with Gasteiger partial charge in [-0.3, -0.25) is 9.59 Å². The van der Waals surface area contributed by atoms with Gasteiger partial charge in [0.2, 0.25) is 5.79 Å². The summed E-state index contributed by atoms with van der Waals surface area (Å²) in [4.78, 5) is 21.4. The van der Waals surface area contributed by atoms with Gasteiger partial charge in [-0.25, -0.2) is 0 Å². The average Bonchev–Trinajstić information content (AvgIpc) is 2.50. The van der Waals surface area contributed by atoms with E-state index in [2.05, 4.69) is 0 Å². The van der Waals surface area contributed by atoms with E-state index < -0.39 is 27.4 Å². The molecule has 116 valence electrons. The molecule has 0 aromatic rings. The van der Waals surface area contributed by atoms with Gasteiger partial charge in [-0.2, -0.15) is 0 Å². The third-order valence-electron chi connectivity index (χ3n) is 4.87. The summed E-state index contributed by atoms with van der Waals surface area (Å²) in [7, 11) is 2.68. The van der Waals surface area contributed by atoms with Crippen LogP contribution in [0.4, 0.5) is 0 Å². The Bertz CT molecular complexity index is 585. The number of halogens is 4. The van der Waals surface area contributed by atoms with Crippen LogP contribution >= 0.6 is 46.4 Å². The highest BCUT2D eigenvalue weighted by molar-refractivity contribution is 6.52. The molecule has 0 N–H and O–H groups in total. The Morgan fingerprint density at radius 2 is 1.62 bits per heavy atom. The number of rotatable bonds is 2. The van der Waals surface area contributed by atoms with Crippen molar-refractivity contribution in [2.75, 3.05) is 14.2 Å². The number of hydrogen-bond acceptors (Lipinski definition) is 4. The van der Waals surface area contributed by atoms with Gasteiger partial charge >= 0.3 is 0 Å². The average molecular weight is 374 g/mol. The zero-order chi connectivity index (χ0) is 15.8. The van der Waals surface area contributed by atoms with Crippen molar-refractivity contribution in [3.63, 3.8) is 0 Å². The van der Waals surface area contributed by atoms with Crippen LogP contribution in [-0.2, 0) is 19.1 Å². The molecule has 3 rings (SSSR count). The maximum absolute atomic E-state index is 12.4. The third kappa shape index (κ3) is 1.47. The van der Waals surface area contributed by atoms with E-state index in [4.69, 9.17) is 55.9 Å². The summed E-state index contributed by atoms with van der Waals surface area (Å²) >= 11 is 26.0. The van der Waals surface area contributed by atoms with Gasteiger partial charge in [-0.05, 0) is 0 Å². The molecule has 0 aromatic carbocycles. The van der Waals surface area contributed by atoms with Crippen molar-refractivity contribution in [1.82, 2.24) is 0 Å². The lowest BCUT2D eigenvalue weighted by atomic mass is 9.63. The Hall–Kier alpha value is 0.160. The van der Waals surface area contributed by atoms with E-state index in [1.54, 1.807) is 0 Å². The predicted molar refractivity (Wildman–Crippen MR) is 78.9 cm³/mol. The van der Waals surface area contributed by atoms with Gasteiger partial charge in [0.05, 0.1) is 16.0 Å². The van der Waals surface area contributed by atoms with E-state index in [0.717, 1.165) is 0 Å². The Kier molecular flexibility index (Phi) is 3.50. The van der Waals surface area contributed by atoms with E-state index in [1.165, 1.54) is 14.2 Å². The molecule has 0 amide bonds. The zero-order valence-corrected chi connectivity index (χ0v) is 14.2. The molecule has 0 saturated heterocycles. The Balaban J connectivity index is 2.34. The third-order valence-corrected chi connectivity index (χ3v) is 7.40. The molecule has 21 heavy (non-hydrogen) atoms. The molecule has 2 saturated carbocycles. The van der Waals surface area contributed by atoms with E-state index in [-0.39, 0.29) is 34.5 Å². The molecule has 2 fully saturated rings. The molecule has 2 bridgehead atoms. The van der Waals surface area contributed by atoms with Crippen LogP contribution in [-0.4, -0.2) is 41.3 Å². The normalized spacial score (nSPS) is 44.5. The zero-order valence-electron chi connectivity index (χ0n) is 11.2. The number of hydrogen-bond donors (Lipinski definition) is 0. The minimum absolute atomic E-state index is 0.00367. The molecule has 0 aromatic heterocycles. The highest BCUT2D eigenvalue weighted by Crippen LogP contribution is 2.69. The molecule has 0 aliphatic heterocycles. The van der Waals surface area contributed by atoms with E-state index >= 15 is 0 Å². The first kappa shape index (κ1) is 16.0. The molecule has 4 atom stereocenters. The summed E-state index contributed by atoms with van der Waals surface area (Å²) in [6.07, 6.45) is -0.0234. The molecule has 0 radical (unpaired) electrons. The fourth-order valence-electron chi connectivity index (χ4n) is 3.85. The molecule has 4 unspecified atom stereocenters. The van der Waals surface area contributed by atoms with Crippen LogP contribution in [0.5, 0.6) is 0 Å². The lowest BCUT2D eigenvalue weighted by molar-refractivity contribution is -0.239. The number of Topliss-reactive ketones (excluding diaryl/α,β-unsaturated/α-hetero) is 2. The van der Waals surface area contributed by atoms with Crippen molar-refractivity contribution in [2.24, 2.45) is 11.8 Å². The predicted octanol–water partition coefficient (Wildman–Crippen LogP) is 2.81. The fraction of sp³-hybridized carbons (Fsp3) is 0.692. The number of ketones is 2. The van der Waals surface area contributed by atoms with Crippen molar-refractivity contribution in [3.05, 3.63) is 10.1 Å². The van der Waals surface area contributed by atoms with Gasteiger partial charge in [0.25, 0.3) is 0 Å². The van der Waals surface area contributed by atoms with Crippen LogP contribution in [0.25, 0.3) is 0 Å². The SMILES string of the molecule is COC1(OC)C2(Cl)CC(=O)C3CC(=O)C3C1(Cl)C(Cl)=C2Cl. The second kappa shape index (κ2) is 4.59. The van der Waals surface area contributed by atoms with E-state index in [1.807, 2.05) is 0 Å². The Morgan fingerprint density at radius 3 is 2.10 bits per heavy atom. The summed E-state index contributed by atoms with van der Waals surface area (Å²) in [5.41, 5.74) is 0. The minimum Gasteiger partial charge on any atom is -0.350 e. The minimum atomic E-state index is -1.69. The van der Waals surface area contributed by atoms with Crippen molar-refractivity contribution in [2.45, 2.75) is 28.4 Å². The van der Waals surface area contributed by atoms with Crippen LogP contribution in [0.15, 0.2) is 10.1 Å². The molecule has 3 aliphatic carbocycles. The first-order valence-corrected chi connectivity index (χ1v) is 7.82. The van der Waals surface area contributed by atoms with Gasteiger partial charge in [0.15, 0.2) is 0 Å². The molecule has 3 aliphatic rings. The van der Waals surface area contributed by atoms with E-state index in [0.29, 0.717) is 0 Å². The summed E-state index contributed by atoms with van der Waals surface area (Å²) in [5, 5.41) is 0.0103. The topological polar surface area (TPSA) is 52.6 Å². The molecule has 8 heteroatoms. The van der Waals surface area contributed by atoms with Gasteiger partial charge in [-0.15, -0.1) is 23.2 Å². The first-order chi connectivity index (χ1) is 9.71. The number of fused-ring (bicyclic) bond motifs is 4. The highest BCUT2D eigenvalue weighted by Gasteiger charge is 2.80. The van der Waals surface area contributed by atoms with Crippen LogP contribution < -0.4 is 0 Å². The van der Waals surface area contributed by atoms with Crippen LogP contribution in [0.1, 0.15) is 12.8 Å². The van der Waals surface area contributed by atoms with Crippen molar-refractivity contribution >= 4 is 58.0 Å². The number of methoxy groups -OCH3 is 2. The van der Waals surface area contributed by atoms with Crippen LogP contribution in [0, 0.1) is 11.8 Å². The number of ether oxygens (including phenoxy) is 2. The molecule has 4 nitrogen and oxygen atoms in total. The monoisotopic (exact) mass is 372 g/mol. The maximum atomic E-state index is 12.4. The summed E-state index contributed by atoms with van der Waals surface area (Å²) < 4.78 is 11.0. The number of carbonyl (C=O) groups excluding carboxylic acids is 2. The van der Waals surface area contributed by atoms with Crippen molar-refractivity contribution in [1.29, 1.82) is 0 Å². The quantitative estimate of drug-likeness (QED) is 0.551. The lowest BCUT2D eigenvalue weighted by Gasteiger charge is -2.50. The van der Waals surface area contributed by atoms with Gasteiger partial charge in [0.1, 0.15) is 21.3 Å². The largest absolute Gasteiger partial charge is 0.350 e. The molecule has 0 heterocycles. The van der Waals surface area contributed by atoms with Gasteiger partial charge in [0, 0.05) is 33.0 Å². The van der Waals surface area contributed by atoms with E-state index in [9.17, 15) is 9.59 Å². The second-order valence-electron chi connectivity index (χ2n) is 5.56. The van der Waals surface area contributed by atoms with Gasteiger partial charge < -0.3 is 9.47 Å². The number of carbonyl (C=O) groups is 2. The first-order valence-electron chi connectivity index (χ1n) is 6.31. The Morgan fingerprint density at radius 1 is 1.05 bits per heavy atom. The van der Waals surface area contributed by atoms with Crippen molar-refractivity contribution < 1.29 is 19.1 Å². The molecular weight excluding hydrogens is 362 g/mol. The summed E-state index contributed by atoms with van der Waals surface area (Å²) in [5.74, 6) is -3.43. The summed E-state index contributed by atoms with van der Waals surface area (Å²) in [6.45, 7) is 0. The standard InChI is InChI=1S/C13H12Cl4O4/c1-20-13(21-2)11(16)4-7(19)5-3-6(18)8(5)12(13,17)10(15)9(11)14/h5,8H,3-4H2,1-2H3. The Labute approximate surface area is 141 Å². The highest BCUT2D eigenvalue weighted by atomic mass is 35.5. The lowest BCUT2D eigenvalue weighted by Crippen LogP contribution is -2.66.